The molecule has 8 heteroatoms. The van der Waals surface area contributed by atoms with Gasteiger partial charge in [0.1, 0.15) is 18.2 Å². The summed E-state index contributed by atoms with van der Waals surface area (Å²) in [5, 5.41) is 14.8. The number of fused-ring (bicyclic) bond motifs is 3. The minimum atomic E-state index is -1.15. The third-order valence-corrected chi connectivity index (χ3v) is 6.23. The highest BCUT2D eigenvalue weighted by Gasteiger charge is 2.29. The molecule has 3 aromatic carbocycles. The van der Waals surface area contributed by atoms with Gasteiger partial charge in [-0.25, -0.2) is 14.4 Å². The van der Waals surface area contributed by atoms with E-state index in [0.29, 0.717) is 12.1 Å². The van der Waals surface area contributed by atoms with E-state index < -0.39 is 29.8 Å². The fraction of sp³-hybridized carbons (Fsp3) is 0.300. The number of carbonyl (C=O) groups is 3. The van der Waals surface area contributed by atoms with Crippen LogP contribution in [0.15, 0.2) is 72.8 Å². The van der Waals surface area contributed by atoms with Crippen LogP contribution in [0.5, 0.6) is 0 Å². The molecule has 0 fully saturated rings. The largest absolute Gasteiger partial charge is 0.480 e. The molecule has 198 valence electrons. The van der Waals surface area contributed by atoms with Gasteiger partial charge in [0, 0.05) is 11.6 Å². The Kier molecular flexibility index (Phi) is 8.00. The molecular formula is C30H32N2O6. The van der Waals surface area contributed by atoms with Gasteiger partial charge in [-0.15, -0.1) is 0 Å². The summed E-state index contributed by atoms with van der Waals surface area (Å²) in [5.74, 6) is -1.27. The fourth-order valence-corrected chi connectivity index (χ4v) is 4.58. The van der Waals surface area contributed by atoms with Crippen LogP contribution in [-0.2, 0) is 20.7 Å². The Morgan fingerprint density at radius 1 is 0.895 bits per heavy atom. The van der Waals surface area contributed by atoms with Gasteiger partial charge in [-0.1, -0.05) is 60.7 Å². The maximum absolute atomic E-state index is 12.6. The van der Waals surface area contributed by atoms with Gasteiger partial charge in [-0.3, -0.25) is 5.32 Å². The number of carbonyl (C=O) groups excluding carboxylic acids is 2. The van der Waals surface area contributed by atoms with Crippen LogP contribution in [0.25, 0.3) is 11.1 Å². The van der Waals surface area contributed by atoms with E-state index in [0.717, 1.165) is 27.8 Å². The van der Waals surface area contributed by atoms with Gasteiger partial charge in [0.15, 0.2) is 0 Å². The Hall–Kier alpha value is -4.33. The van der Waals surface area contributed by atoms with Crippen LogP contribution in [-0.4, -0.2) is 41.5 Å². The first kappa shape index (κ1) is 26.7. The number of benzene rings is 3. The number of hydrogen-bond acceptors (Lipinski definition) is 5. The third-order valence-electron chi connectivity index (χ3n) is 6.23. The number of amides is 2. The number of carboxylic acids is 1. The SMILES string of the molecule is CC(C)(C)OC(=O)Nc1cccc(CC[C@H](NC(=O)OCC2c3ccccc3-c3ccccc32)C(=O)O)c1. The zero-order chi connectivity index (χ0) is 27.3. The van der Waals surface area contributed by atoms with Gasteiger partial charge in [-0.05, 0) is 73.6 Å². The first-order chi connectivity index (χ1) is 18.1. The second kappa shape index (κ2) is 11.4. The number of anilines is 1. The van der Waals surface area contributed by atoms with E-state index in [1.54, 1.807) is 39.0 Å². The molecular weight excluding hydrogens is 484 g/mol. The predicted molar refractivity (Wildman–Crippen MR) is 144 cm³/mol. The van der Waals surface area contributed by atoms with Crippen molar-refractivity contribution in [1.29, 1.82) is 0 Å². The molecule has 0 unspecified atom stereocenters. The van der Waals surface area contributed by atoms with Crippen molar-refractivity contribution < 1.29 is 29.0 Å². The maximum Gasteiger partial charge on any atom is 0.412 e. The summed E-state index contributed by atoms with van der Waals surface area (Å²) in [7, 11) is 0. The van der Waals surface area contributed by atoms with Gasteiger partial charge >= 0.3 is 18.2 Å². The summed E-state index contributed by atoms with van der Waals surface area (Å²) in [5.41, 5.74) is 5.11. The minimum absolute atomic E-state index is 0.102. The van der Waals surface area contributed by atoms with Crippen LogP contribution in [0, 0.1) is 0 Å². The molecule has 4 rings (SSSR count). The van der Waals surface area contributed by atoms with Gasteiger partial charge in [0.05, 0.1) is 0 Å². The van der Waals surface area contributed by atoms with Crippen LogP contribution >= 0.6 is 0 Å². The molecule has 3 N–H and O–H groups in total. The first-order valence-corrected chi connectivity index (χ1v) is 12.5. The van der Waals surface area contributed by atoms with Gasteiger partial charge in [0.2, 0.25) is 0 Å². The van der Waals surface area contributed by atoms with E-state index >= 15 is 0 Å². The average Bonchev–Trinajstić information content (AvgIpc) is 3.18. The minimum Gasteiger partial charge on any atom is -0.480 e. The van der Waals surface area contributed by atoms with Gasteiger partial charge in [-0.2, -0.15) is 0 Å². The highest BCUT2D eigenvalue weighted by molar-refractivity contribution is 5.85. The molecule has 2 amide bonds. The molecule has 38 heavy (non-hydrogen) atoms. The lowest BCUT2D eigenvalue weighted by Crippen LogP contribution is -2.41. The molecule has 0 heterocycles. The lowest BCUT2D eigenvalue weighted by atomic mass is 9.98. The summed E-state index contributed by atoms with van der Waals surface area (Å²) in [6.07, 6.45) is -0.838. The number of rotatable bonds is 8. The smallest absolute Gasteiger partial charge is 0.412 e. The van der Waals surface area contributed by atoms with Crippen molar-refractivity contribution in [3.05, 3.63) is 89.5 Å². The molecule has 3 aromatic rings. The summed E-state index contributed by atoms with van der Waals surface area (Å²) in [6, 6.07) is 21.9. The first-order valence-electron chi connectivity index (χ1n) is 12.5. The second-order valence-corrected chi connectivity index (χ2v) is 10.2. The molecule has 0 bridgehead atoms. The Bertz CT molecular complexity index is 1280. The highest BCUT2D eigenvalue weighted by atomic mass is 16.6. The van der Waals surface area contributed by atoms with Crippen LogP contribution in [0.2, 0.25) is 0 Å². The monoisotopic (exact) mass is 516 g/mol. The maximum atomic E-state index is 12.6. The van der Waals surface area contributed by atoms with Crippen LogP contribution in [0.4, 0.5) is 15.3 Å². The number of carboxylic acid groups (broad SMARTS) is 1. The van der Waals surface area contributed by atoms with Crippen LogP contribution in [0.3, 0.4) is 0 Å². The standard InChI is InChI=1S/C30H32N2O6/c1-30(2,3)38-29(36)31-20-10-8-9-19(17-20)15-16-26(27(33)34)32-28(35)37-18-25-23-13-6-4-11-21(23)22-12-5-7-14-24(22)25/h4-14,17,25-26H,15-16,18H2,1-3H3,(H,31,36)(H,32,35)(H,33,34)/t26-/m0/s1. The van der Waals surface area contributed by atoms with Gasteiger partial charge in [0.25, 0.3) is 0 Å². The number of alkyl carbamates (subject to hydrolysis) is 1. The molecule has 8 nitrogen and oxygen atoms in total. The Morgan fingerprint density at radius 3 is 2.13 bits per heavy atom. The van der Waals surface area contributed by atoms with E-state index in [-0.39, 0.29) is 18.9 Å². The topological polar surface area (TPSA) is 114 Å². The Labute approximate surface area is 222 Å². The third kappa shape index (κ3) is 6.70. The number of ether oxygens (including phenoxy) is 2. The number of nitrogens with one attached hydrogen (secondary N) is 2. The van der Waals surface area contributed by atoms with E-state index in [9.17, 15) is 19.5 Å². The second-order valence-electron chi connectivity index (χ2n) is 10.2. The van der Waals surface area contributed by atoms with E-state index in [1.807, 2.05) is 54.6 Å². The lowest BCUT2D eigenvalue weighted by Gasteiger charge is -2.20. The van der Waals surface area contributed by atoms with E-state index in [4.69, 9.17) is 9.47 Å². The molecule has 1 aliphatic rings. The quantitative estimate of drug-likeness (QED) is 0.341. The lowest BCUT2D eigenvalue weighted by molar-refractivity contribution is -0.139. The number of hydrogen-bond donors (Lipinski definition) is 3. The summed E-state index contributed by atoms with van der Waals surface area (Å²) < 4.78 is 10.8. The average molecular weight is 517 g/mol. The van der Waals surface area contributed by atoms with Crippen molar-refractivity contribution in [2.24, 2.45) is 0 Å². The Balaban J connectivity index is 1.33. The number of aryl methyl sites for hydroxylation is 1. The molecule has 1 atom stereocenters. The molecule has 0 aromatic heterocycles. The van der Waals surface area contributed by atoms with Crippen molar-refractivity contribution >= 4 is 23.8 Å². The van der Waals surface area contributed by atoms with Crippen molar-refractivity contribution in [3.63, 3.8) is 0 Å². The molecule has 0 radical (unpaired) electrons. The molecule has 0 saturated carbocycles. The molecule has 1 aliphatic carbocycles. The molecule has 0 aliphatic heterocycles. The van der Waals surface area contributed by atoms with Crippen molar-refractivity contribution in [1.82, 2.24) is 5.32 Å². The fourth-order valence-electron chi connectivity index (χ4n) is 4.58. The van der Waals surface area contributed by atoms with Crippen LogP contribution < -0.4 is 10.6 Å². The zero-order valence-corrected chi connectivity index (χ0v) is 21.7. The normalized spacial score (nSPS) is 13.1. The van der Waals surface area contributed by atoms with Gasteiger partial charge < -0.3 is 19.9 Å². The summed E-state index contributed by atoms with van der Waals surface area (Å²) in [4.78, 5) is 36.5. The van der Waals surface area contributed by atoms with E-state index in [1.165, 1.54) is 0 Å². The number of aliphatic carboxylic acids is 1. The highest BCUT2D eigenvalue weighted by Crippen LogP contribution is 2.44. The van der Waals surface area contributed by atoms with Crippen LogP contribution in [0.1, 0.15) is 49.8 Å². The summed E-state index contributed by atoms with van der Waals surface area (Å²) >= 11 is 0. The zero-order valence-electron chi connectivity index (χ0n) is 21.7. The van der Waals surface area contributed by atoms with Crippen molar-refractivity contribution in [2.45, 2.75) is 51.2 Å². The van der Waals surface area contributed by atoms with Crippen molar-refractivity contribution in [2.75, 3.05) is 11.9 Å². The Morgan fingerprint density at radius 2 is 1.53 bits per heavy atom. The van der Waals surface area contributed by atoms with Crippen molar-refractivity contribution in [3.8, 4) is 11.1 Å². The molecule has 0 saturated heterocycles. The molecule has 0 spiro atoms. The predicted octanol–water partition coefficient (Wildman–Crippen LogP) is 5.96. The summed E-state index contributed by atoms with van der Waals surface area (Å²) in [6.45, 7) is 5.43. The van der Waals surface area contributed by atoms with E-state index in [2.05, 4.69) is 10.6 Å².